The molecule has 0 aliphatic heterocycles. The highest BCUT2D eigenvalue weighted by molar-refractivity contribution is 5.10. The minimum Gasteiger partial charge on any atom is -0.393 e. The molecule has 0 radical (unpaired) electrons. The van der Waals surface area contributed by atoms with Crippen LogP contribution in [0, 0.1) is 5.92 Å². The fourth-order valence-corrected chi connectivity index (χ4v) is 1.61. The van der Waals surface area contributed by atoms with Crippen molar-refractivity contribution < 1.29 is 5.11 Å². The Labute approximate surface area is 92.1 Å². The van der Waals surface area contributed by atoms with Gasteiger partial charge in [-0.3, -0.25) is 4.68 Å². The molecule has 1 heterocycles. The topological polar surface area (TPSA) is 38.0 Å². The van der Waals surface area contributed by atoms with Crippen molar-refractivity contribution in [3.63, 3.8) is 0 Å². The van der Waals surface area contributed by atoms with Gasteiger partial charge >= 0.3 is 0 Å². The Morgan fingerprint density at radius 3 is 2.60 bits per heavy atom. The minimum absolute atomic E-state index is 0.204. The van der Waals surface area contributed by atoms with Crippen molar-refractivity contribution in [2.75, 3.05) is 0 Å². The Morgan fingerprint density at radius 2 is 2.13 bits per heavy atom. The van der Waals surface area contributed by atoms with Crippen molar-refractivity contribution in [1.29, 1.82) is 0 Å². The fourth-order valence-electron chi connectivity index (χ4n) is 1.61. The van der Waals surface area contributed by atoms with E-state index in [1.165, 1.54) is 5.69 Å². The summed E-state index contributed by atoms with van der Waals surface area (Å²) < 4.78 is 1.92. The second-order valence-corrected chi connectivity index (χ2v) is 4.45. The van der Waals surface area contributed by atoms with Gasteiger partial charge in [-0.05, 0) is 31.2 Å². The first-order chi connectivity index (χ1) is 7.04. The predicted octanol–water partition coefficient (Wildman–Crippen LogP) is 1.93. The number of aromatic nitrogens is 2. The molecule has 1 aromatic rings. The number of hydrogen-bond acceptors (Lipinski definition) is 2. The molecule has 3 heteroatoms. The van der Waals surface area contributed by atoms with Crippen LogP contribution in [0.15, 0.2) is 6.07 Å². The third-order valence-electron chi connectivity index (χ3n) is 2.86. The van der Waals surface area contributed by atoms with Gasteiger partial charge in [0.2, 0.25) is 0 Å². The Balaban J connectivity index is 2.53. The first-order valence-electron chi connectivity index (χ1n) is 5.74. The number of nitrogens with zero attached hydrogens (tertiary/aromatic N) is 2. The molecular weight excluding hydrogens is 188 g/mol. The maximum absolute atomic E-state index is 9.71. The number of hydrogen-bond donors (Lipinski definition) is 1. The van der Waals surface area contributed by atoms with Gasteiger partial charge in [0.25, 0.3) is 0 Å². The van der Waals surface area contributed by atoms with E-state index in [-0.39, 0.29) is 6.10 Å². The molecule has 86 valence electrons. The fraction of sp³-hybridized carbons (Fsp3) is 0.750. The van der Waals surface area contributed by atoms with Crippen molar-refractivity contribution >= 4 is 0 Å². The van der Waals surface area contributed by atoms with Gasteiger partial charge in [0, 0.05) is 12.7 Å². The first-order valence-corrected chi connectivity index (χ1v) is 5.74. The van der Waals surface area contributed by atoms with Crippen LogP contribution in [0.25, 0.3) is 0 Å². The molecule has 1 N–H and O–H groups in total. The van der Waals surface area contributed by atoms with Crippen molar-refractivity contribution in [1.82, 2.24) is 9.78 Å². The molecule has 1 rings (SSSR count). The minimum atomic E-state index is -0.204. The van der Waals surface area contributed by atoms with Crippen LogP contribution in [0.3, 0.4) is 0 Å². The summed E-state index contributed by atoms with van der Waals surface area (Å²) in [5, 5.41) is 14.1. The van der Waals surface area contributed by atoms with Crippen molar-refractivity contribution in [2.45, 2.75) is 46.1 Å². The molecule has 0 bridgehead atoms. The third kappa shape index (κ3) is 3.34. The monoisotopic (exact) mass is 210 g/mol. The molecule has 1 aromatic heterocycles. The van der Waals surface area contributed by atoms with Crippen LogP contribution >= 0.6 is 0 Å². The van der Waals surface area contributed by atoms with Crippen LogP contribution in [0.4, 0.5) is 0 Å². The molecule has 0 fully saturated rings. The number of aliphatic hydroxyl groups is 1. The highest BCUT2D eigenvalue weighted by Gasteiger charge is 2.11. The lowest BCUT2D eigenvalue weighted by atomic mass is 10.0. The van der Waals surface area contributed by atoms with E-state index >= 15 is 0 Å². The maximum atomic E-state index is 9.71. The molecule has 0 aromatic carbocycles. The highest BCUT2D eigenvalue weighted by Crippen LogP contribution is 2.12. The van der Waals surface area contributed by atoms with Gasteiger partial charge in [-0.15, -0.1) is 0 Å². The van der Waals surface area contributed by atoms with Gasteiger partial charge in [0.05, 0.1) is 11.8 Å². The Kier molecular flexibility index (Phi) is 4.33. The Morgan fingerprint density at radius 1 is 1.47 bits per heavy atom. The SMILES string of the molecule is CCc1cc(CCC(O)C(C)C)n(C)n1. The summed E-state index contributed by atoms with van der Waals surface area (Å²) in [5.41, 5.74) is 2.35. The lowest BCUT2D eigenvalue weighted by Crippen LogP contribution is -2.16. The Bertz CT molecular complexity index is 305. The second-order valence-electron chi connectivity index (χ2n) is 4.45. The van der Waals surface area contributed by atoms with Gasteiger partial charge in [-0.2, -0.15) is 5.10 Å². The smallest absolute Gasteiger partial charge is 0.0624 e. The number of aryl methyl sites for hydroxylation is 3. The standard InChI is InChI=1S/C12H22N2O/c1-5-10-8-11(14(4)13-10)6-7-12(15)9(2)3/h8-9,12,15H,5-7H2,1-4H3. The molecule has 0 saturated heterocycles. The van der Waals surface area contributed by atoms with E-state index < -0.39 is 0 Å². The second kappa shape index (κ2) is 5.31. The van der Waals surface area contributed by atoms with Crippen molar-refractivity contribution in [2.24, 2.45) is 13.0 Å². The summed E-state index contributed by atoms with van der Waals surface area (Å²) in [4.78, 5) is 0. The van der Waals surface area contributed by atoms with Gasteiger partial charge in [-0.25, -0.2) is 0 Å². The summed E-state index contributed by atoms with van der Waals surface area (Å²) in [6, 6.07) is 2.13. The molecule has 0 spiro atoms. The lowest BCUT2D eigenvalue weighted by Gasteiger charge is -2.13. The predicted molar refractivity (Wildman–Crippen MR) is 61.8 cm³/mol. The van der Waals surface area contributed by atoms with Gasteiger partial charge in [-0.1, -0.05) is 20.8 Å². The highest BCUT2D eigenvalue weighted by atomic mass is 16.3. The quantitative estimate of drug-likeness (QED) is 0.806. The number of aliphatic hydroxyl groups excluding tert-OH is 1. The molecule has 1 unspecified atom stereocenters. The summed E-state index contributed by atoms with van der Waals surface area (Å²) in [7, 11) is 1.97. The average molecular weight is 210 g/mol. The zero-order valence-electron chi connectivity index (χ0n) is 10.2. The van der Waals surface area contributed by atoms with E-state index in [9.17, 15) is 5.11 Å². The molecule has 0 amide bonds. The molecule has 0 aliphatic rings. The van der Waals surface area contributed by atoms with Gasteiger partial charge in [0.1, 0.15) is 0 Å². The molecule has 3 nitrogen and oxygen atoms in total. The van der Waals surface area contributed by atoms with Crippen LogP contribution in [-0.4, -0.2) is 21.0 Å². The van der Waals surface area contributed by atoms with E-state index in [1.807, 2.05) is 25.6 Å². The van der Waals surface area contributed by atoms with Crippen LogP contribution in [-0.2, 0) is 19.9 Å². The molecule has 0 aliphatic carbocycles. The van der Waals surface area contributed by atoms with E-state index in [4.69, 9.17) is 0 Å². The average Bonchev–Trinajstić information content (AvgIpc) is 2.55. The number of rotatable bonds is 5. The van der Waals surface area contributed by atoms with Crippen molar-refractivity contribution in [3.8, 4) is 0 Å². The van der Waals surface area contributed by atoms with E-state index in [1.54, 1.807) is 0 Å². The Hall–Kier alpha value is -0.830. The van der Waals surface area contributed by atoms with Crippen LogP contribution in [0.5, 0.6) is 0 Å². The maximum Gasteiger partial charge on any atom is 0.0624 e. The molecule has 15 heavy (non-hydrogen) atoms. The normalized spacial score (nSPS) is 13.5. The molecular formula is C12H22N2O. The zero-order chi connectivity index (χ0) is 11.4. The van der Waals surface area contributed by atoms with Crippen LogP contribution < -0.4 is 0 Å². The molecule has 1 atom stereocenters. The first kappa shape index (κ1) is 12.2. The summed E-state index contributed by atoms with van der Waals surface area (Å²) in [6.07, 6.45) is 2.49. The van der Waals surface area contributed by atoms with Gasteiger partial charge in [0.15, 0.2) is 0 Å². The summed E-state index contributed by atoms with van der Waals surface area (Å²) >= 11 is 0. The van der Waals surface area contributed by atoms with Crippen LogP contribution in [0.2, 0.25) is 0 Å². The lowest BCUT2D eigenvalue weighted by molar-refractivity contribution is 0.116. The van der Waals surface area contributed by atoms with E-state index in [2.05, 4.69) is 18.1 Å². The molecule has 0 saturated carbocycles. The summed E-state index contributed by atoms with van der Waals surface area (Å²) in [5.74, 6) is 0.337. The van der Waals surface area contributed by atoms with E-state index in [0.717, 1.165) is 25.0 Å². The largest absolute Gasteiger partial charge is 0.393 e. The van der Waals surface area contributed by atoms with Crippen LogP contribution in [0.1, 0.15) is 38.6 Å². The van der Waals surface area contributed by atoms with Gasteiger partial charge < -0.3 is 5.11 Å². The van der Waals surface area contributed by atoms with Crippen molar-refractivity contribution in [3.05, 3.63) is 17.5 Å². The summed E-state index contributed by atoms with van der Waals surface area (Å²) in [6.45, 7) is 6.20. The zero-order valence-corrected chi connectivity index (χ0v) is 10.2. The third-order valence-corrected chi connectivity index (χ3v) is 2.86. The van der Waals surface area contributed by atoms with E-state index in [0.29, 0.717) is 5.92 Å².